The molecule has 0 aromatic carbocycles. The molecule has 1 aliphatic carbocycles. The lowest BCUT2D eigenvalue weighted by Gasteiger charge is -2.31. The second-order valence-corrected chi connectivity index (χ2v) is 7.29. The average molecular weight is 332 g/mol. The van der Waals surface area contributed by atoms with Crippen molar-refractivity contribution in [2.24, 2.45) is 5.92 Å². The van der Waals surface area contributed by atoms with Gasteiger partial charge in [0.05, 0.1) is 18.8 Å². The summed E-state index contributed by atoms with van der Waals surface area (Å²) in [5.41, 5.74) is 1.13. The Labute approximate surface area is 143 Å². The van der Waals surface area contributed by atoms with Crippen molar-refractivity contribution in [2.45, 2.75) is 71.0 Å². The van der Waals surface area contributed by atoms with Crippen LogP contribution in [0.15, 0.2) is 12.4 Å². The number of likely N-dealkylation sites (tertiary alicyclic amines) is 1. The minimum Gasteiger partial charge on any atom is -0.344 e. The minimum absolute atomic E-state index is 0.100. The molecule has 3 rings (SSSR count). The number of hydrogen-bond donors (Lipinski definition) is 1. The Morgan fingerprint density at radius 3 is 2.67 bits per heavy atom. The predicted molar refractivity (Wildman–Crippen MR) is 91.3 cm³/mol. The molecule has 132 valence electrons. The summed E-state index contributed by atoms with van der Waals surface area (Å²) < 4.78 is 1.93. The molecule has 6 nitrogen and oxygen atoms in total. The van der Waals surface area contributed by atoms with E-state index in [9.17, 15) is 9.59 Å². The molecule has 2 atom stereocenters. The van der Waals surface area contributed by atoms with Gasteiger partial charge < -0.3 is 10.2 Å². The quantitative estimate of drug-likeness (QED) is 0.895. The summed E-state index contributed by atoms with van der Waals surface area (Å²) in [4.78, 5) is 26.7. The van der Waals surface area contributed by atoms with Crippen molar-refractivity contribution in [3.8, 4) is 0 Å². The zero-order valence-corrected chi connectivity index (χ0v) is 14.7. The second-order valence-electron chi connectivity index (χ2n) is 7.29. The smallest absolute Gasteiger partial charge is 0.245 e. The number of aromatic nitrogens is 2. The van der Waals surface area contributed by atoms with Gasteiger partial charge >= 0.3 is 0 Å². The molecule has 1 saturated heterocycles. The maximum Gasteiger partial charge on any atom is 0.245 e. The van der Waals surface area contributed by atoms with E-state index >= 15 is 0 Å². The van der Waals surface area contributed by atoms with E-state index in [1.54, 1.807) is 0 Å². The zero-order valence-electron chi connectivity index (χ0n) is 14.7. The van der Waals surface area contributed by atoms with Crippen molar-refractivity contribution in [2.75, 3.05) is 6.54 Å². The summed E-state index contributed by atoms with van der Waals surface area (Å²) in [7, 11) is 0. The Hall–Kier alpha value is -1.85. The van der Waals surface area contributed by atoms with Gasteiger partial charge in [-0.25, -0.2) is 0 Å². The third-order valence-corrected chi connectivity index (χ3v) is 5.32. The Balaban J connectivity index is 1.71. The molecule has 2 aliphatic rings. The van der Waals surface area contributed by atoms with E-state index in [0.717, 1.165) is 57.2 Å². The molecule has 1 N–H and O–H groups in total. The van der Waals surface area contributed by atoms with Crippen molar-refractivity contribution < 1.29 is 9.59 Å². The van der Waals surface area contributed by atoms with Crippen LogP contribution in [0.25, 0.3) is 0 Å². The molecule has 1 aromatic heterocycles. The first-order chi connectivity index (χ1) is 11.5. The van der Waals surface area contributed by atoms with E-state index in [2.05, 4.69) is 10.4 Å². The molecule has 2 heterocycles. The lowest BCUT2D eigenvalue weighted by molar-refractivity contribution is -0.138. The van der Waals surface area contributed by atoms with Gasteiger partial charge in [0.25, 0.3) is 0 Å². The monoisotopic (exact) mass is 332 g/mol. The van der Waals surface area contributed by atoms with E-state index in [0.29, 0.717) is 0 Å². The number of nitrogens with zero attached hydrogens (tertiary/aromatic N) is 3. The third kappa shape index (κ3) is 3.79. The number of carbonyl (C=O) groups excluding carboxylic acids is 2. The van der Waals surface area contributed by atoms with Crippen molar-refractivity contribution in [3.63, 3.8) is 0 Å². The van der Waals surface area contributed by atoms with E-state index in [1.807, 2.05) is 28.9 Å². The first kappa shape index (κ1) is 17.0. The summed E-state index contributed by atoms with van der Waals surface area (Å²) >= 11 is 0. The number of nitrogens with one attached hydrogen (secondary N) is 1. The largest absolute Gasteiger partial charge is 0.344 e. The molecular weight excluding hydrogens is 304 g/mol. The Morgan fingerprint density at radius 1 is 1.29 bits per heavy atom. The molecular formula is C18H28N4O2. The molecule has 0 spiro atoms. The molecule has 24 heavy (non-hydrogen) atoms. The minimum atomic E-state index is -0.357. The molecule has 2 unspecified atom stereocenters. The van der Waals surface area contributed by atoms with Crippen LogP contribution in [0.1, 0.15) is 51.0 Å². The number of hydrogen-bond acceptors (Lipinski definition) is 3. The number of rotatable bonds is 5. The van der Waals surface area contributed by atoms with Gasteiger partial charge in [0.15, 0.2) is 0 Å². The normalized spacial score (nSPS) is 22.8. The molecule has 0 bridgehead atoms. The van der Waals surface area contributed by atoms with Gasteiger partial charge in [-0.15, -0.1) is 0 Å². The van der Waals surface area contributed by atoms with Crippen LogP contribution in [0.5, 0.6) is 0 Å². The fourth-order valence-corrected chi connectivity index (χ4v) is 4.17. The van der Waals surface area contributed by atoms with Gasteiger partial charge in [0, 0.05) is 19.7 Å². The molecule has 1 aromatic rings. The molecule has 2 amide bonds. The summed E-state index contributed by atoms with van der Waals surface area (Å²) in [6.45, 7) is 5.04. The van der Waals surface area contributed by atoms with Crippen molar-refractivity contribution in [1.82, 2.24) is 20.0 Å². The lowest BCUT2D eigenvalue weighted by atomic mass is 9.96. The van der Waals surface area contributed by atoms with E-state index in [4.69, 9.17) is 0 Å². The van der Waals surface area contributed by atoms with Crippen LogP contribution < -0.4 is 5.32 Å². The van der Waals surface area contributed by atoms with Gasteiger partial charge in [-0.05, 0) is 44.1 Å². The first-order valence-corrected chi connectivity index (χ1v) is 9.11. The van der Waals surface area contributed by atoms with Gasteiger partial charge in [0.1, 0.15) is 6.04 Å². The lowest BCUT2D eigenvalue weighted by Crippen LogP contribution is -2.53. The third-order valence-electron chi connectivity index (χ3n) is 5.32. The van der Waals surface area contributed by atoms with Crippen LogP contribution in [0.4, 0.5) is 0 Å². The topological polar surface area (TPSA) is 67.2 Å². The van der Waals surface area contributed by atoms with Gasteiger partial charge in [-0.3, -0.25) is 14.3 Å². The highest BCUT2D eigenvalue weighted by atomic mass is 16.2. The summed E-state index contributed by atoms with van der Waals surface area (Å²) in [6, 6.07) is -0.181. The number of carbonyl (C=O) groups is 2. The van der Waals surface area contributed by atoms with Crippen LogP contribution >= 0.6 is 0 Å². The fraction of sp³-hybridized carbons (Fsp3) is 0.722. The van der Waals surface area contributed by atoms with Crippen LogP contribution in [0.2, 0.25) is 0 Å². The first-order valence-electron chi connectivity index (χ1n) is 9.11. The van der Waals surface area contributed by atoms with Gasteiger partial charge in [-0.2, -0.15) is 5.10 Å². The standard InChI is InChI=1S/C18H28N4O2/c1-13-10-19-21(11-13)12-16-8-5-9-22(16)18(24)17(20-14(2)23)15-6-3-4-7-15/h10-11,15-17H,3-9,12H2,1-2H3,(H,20,23). The second kappa shape index (κ2) is 7.36. The molecule has 6 heteroatoms. The molecule has 2 fully saturated rings. The van der Waals surface area contributed by atoms with Crippen LogP contribution in [-0.2, 0) is 16.1 Å². The number of amides is 2. The van der Waals surface area contributed by atoms with Crippen LogP contribution in [-0.4, -0.2) is 45.1 Å². The Morgan fingerprint density at radius 2 is 2.04 bits per heavy atom. The van der Waals surface area contributed by atoms with Crippen molar-refractivity contribution in [1.29, 1.82) is 0 Å². The summed E-state index contributed by atoms with van der Waals surface area (Å²) in [6.07, 6.45) is 10.3. The summed E-state index contributed by atoms with van der Waals surface area (Å²) in [5, 5.41) is 7.29. The fourth-order valence-electron chi connectivity index (χ4n) is 4.17. The zero-order chi connectivity index (χ0) is 17.1. The number of aryl methyl sites for hydroxylation is 1. The predicted octanol–water partition coefficient (Wildman–Crippen LogP) is 1.88. The highest BCUT2D eigenvalue weighted by Crippen LogP contribution is 2.30. The highest BCUT2D eigenvalue weighted by molar-refractivity contribution is 5.87. The Kier molecular flexibility index (Phi) is 5.21. The maximum absolute atomic E-state index is 13.2. The van der Waals surface area contributed by atoms with Crippen molar-refractivity contribution >= 4 is 11.8 Å². The van der Waals surface area contributed by atoms with Crippen LogP contribution in [0.3, 0.4) is 0 Å². The SMILES string of the molecule is CC(=O)NC(C(=O)N1CCCC1Cn1cc(C)cn1)C1CCCC1. The van der Waals surface area contributed by atoms with Gasteiger partial charge in [-0.1, -0.05) is 12.8 Å². The average Bonchev–Trinajstić information content (AvgIpc) is 3.26. The van der Waals surface area contributed by atoms with Gasteiger partial charge in [0.2, 0.25) is 11.8 Å². The Bertz CT molecular complexity index is 592. The van der Waals surface area contributed by atoms with E-state index in [-0.39, 0.29) is 29.8 Å². The molecule has 1 aliphatic heterocycles. The maximum atomic E-state index is 13.2. The molecule has 0 radical (unpaired) electrons. The van der Waals surface area contributed by atoms with Crippen molar-refractivity contribution in [3.05, 3.63) is 18.0 Å². The van der Waals surface area contributed by atoms with E-state index < -0.39 is 0 Å². The van der Waals surface area contributed by atoms with Crippen LogP contribution in [0, 0.1) is 12.8 Å². The summed E-state index contributed by atoms with van der Waals surface area (Å²) in [5.74, 6) is 0.275. The molecule has 1 saturated carbocycles. The highest BCUT2D eigenvalue weighted by Gasteiger charge is 2.38. The van der Waals surface area contributed by atoms with E-state index in [1.165, 1.54) is 6.92 Å².